The Morgan fingerprint density at radius 1 is 0.951 bits per heavy atom. The van der Waals surface area contributed by atoms with E-state index >= 15 is 0 Å². The van der Waals surface area contributed by atoms with Gasteiger partial charge in [-0.3, -0.25) is 24.1 Å². The van der Waals surface area contributed by atoms with Gasteiger partial charge in [-0.15, -0.1) is 0 Å². The summed E-state index contributed by atoms with van der Waals surface area (Å²) in [7, 11) is 0. The predicted molar refractivity (Wildman–Crippen MR) is 129 cm³/mol. The summed E-state index contributed by atoms with van der Waals surface area (Å²) in [5, 5.41) is 11.3. The summed E-state index contributed by atoms with van der Waals surface area (Å²) < 4.78 is 83.2. The highest BCUT2D eigenvalue weighted by Gasteiger charge is 2.37. The van der Waals surface area contributed by atoms with Crippen LogP contribution in [0.25, 0.3) is 0 Å². The minimum Gasteiger partial charge on any atom is -0.486 e. The normalized spacial score (nSPS) is 15.4. The number of rotatable bonds is 11. The Bertz CT molecular complexity index is 1240. The van der Waals surface area contributed by atoms with E-state index in [0.29, 0.717) is 19.6 Å². The van der Waals surface area contributed by atoms with Crippen molar-refractivity contribution < 1.29 is 55.4 Å². The number of piperazine rings is 1. The average molecular weight is 589 g/mol. The van der Waals surface area contributed by atoms with E-state index in [1.54, 1.807) is 4.90 Å². The Kier molecular flexibility index (Phi) is 9.97. The first-order valence-corrected chi connectivity index (χ1v) is 12.1. The fourth-order valence-corrected chi connectivity index (χ4v) is 3.99. The lowest BCUT2D eigenvalue weighted by Crippen LogP contribution is -2.54. The lowest BCUT2D eigenvalue weighted by molar-refractivity contribution is -0.144. The molecular weight excluding hydrogens is 564 g/mol. The molecule has 1 atom stereocenters. The largest absolute Gasteiger partial charge is 0.486 e. The fourth-order valence-electron chi connectivity index (χ4n) is 3.99. The van der Waals surface area contributed by atoms with Crippen molar-refractivity contribution in [1.29, 1.82) is 0 Å². The Hall–Kier alpha value is -4.14. The Labute approximate surface area is 229 Å². The van der Waals surface area contributed by atoms with Crippen LogP contribution in [0.2, 0.25) is 0 Å². The van der Waals surface area contributed by atoms with Gasteiger partial charge >= 0.3 is 18.3 Å². The molecule has 41 heavy (non-hydrogen) atoms. The van der Waals surface area contributed by atoms with Gasteiger partial charge < -0.3 is 20.1 Å². The number of nitrogens with zero attached hydrogens (tertiary/aromatic N) is 2. The molecule has 0 saturated carbocycles. The van der Waals surface area contributed by atoms with Gasteiger partial charge in [-0.1, -0.05) is 30.3 Å². The maximum atomic E-state index is 13.1. The summed E-state index contributed by atoms with van der Waals surface area (Å²) in [6.07, 6.45) is -11.2. The topological polar surface area (TPSA) is 116 Å². The number of carbonyl (C=O) groups is 4. The molecule has 2 amide bonds. The minimum absolute atomic E-state index is 0.113. The lowest BCUT2D eigenvalue weighted by Gasteiger charge is -2.34. The summed E-state index contributed by atoms with van der Waals surface area (Å²) in [6, 6.07) is 7.95. The molecule has 2 N–H and O–H groups in total. The van der Waals surface area contributed by atoms with Crippen LogP contribution in [-0.4, -0.2) is 77.3 Å². The molecule has 0 aromatic heterocycles. The summed E-state index contributed by atoms with van der Waals surface area (Å²) >= 11 is 0. The molecule has 2 aromatic rings. The van der Waals surface area contributed by atoms with Crippen LogP contribution in [0.15, 0.2) is 48.5 Å². The first-order valence-electron chi connectivity index (χ1n) is 12.1. The zero-order chi connectivity index (χ0) is 30.4. The number of Topliss-reactive ketones (excluding diaryl/α,β-unsaturated/α-hetero) is 1. The molecule has 0 bridgehead atoms. The van der Waals surface area contributed by atoms with Crippen molar-refractivity contribution in [3.8, 4) is 5.75 Å². The summed E-state index contributed by atoms with van der Waals surface area (Å²) in [6.45, 7) is -0.596. The van der Waals surface area contributed by atoms with Crippen LogP contribution in [0, 0.1) is 0 Å². The first-order chi connectivity index (χ1) is 19.1. The van der Waals surface area contributed by atoms with Crippen molar-refractivity contribution in [3.63, 3.8) is 0 Å². The van der Waals surface area contributed by atoms with Gasteiger partial charge in [0.25, 0.3) is 0 Å². The van der Waals surface area contributed by atoms with Crippen LogP contribution in [0.4, 0.5) is 26.3 Å². The highest BCUT2D eigenvalue weighted by molar-refractivity contribution is 5.93. The van der Waals surface area contributed by atoms with E-state index in [-0.39, 0.29) is 37.2 Å². The van der Waals surface area contributed by atoms with Crippen molar-refractivity contribution in [2.75, 3.05) is 32.8 Å². The average Bonchev–Trinajstić information content (AvgIpc) is 2.87. The Morgan fingerprint density at radius 3 is 2.10 bits per heavy atom. The second-order valence-electron chi connectivity index (χ2n) is 9.23. The van der Waals surface area contributed by atoms with Crippen LogP contribution < -0.4 is 10.1 Å². The molecule has 0 radical (unpaired) electrons. The third-order valence-corrected chi connectivity index (χ3v) is 6.03. The van der Waals surface area contributed by atoms with E-state index in [1.807, 2.05) is 30.3 Å². The van der Waals surface area contributed by atoms with E-state index in [4.69, 9.17) is 9.84 Å². The molecule has 1 aliphatic rings. The molecule has 3 rings (SSSR count). The number of carboxylic acids is 1. The molecule has 0 aliphatic carbocycles. The van der Waals surface area contributed by atoms with Gasteiger partial charge in [0.1, 0.15) is 18.4 Å². The Balaban J connectivity index is 1.59. The molecule has 15 heteroatoms. The maximum absolute atomic E-state index is 13.1. The zero-order valence-corrected chi connectivity index (χ0v) is 21.3. The number of benzene rings is 2. The fraction of sp³-hybridized carbons (Fsp3) is 0.385. The molecular formula is C26H25F6N3O6. The van der Waals surface area contributed by atoms with Crippen molar-refractivity contribution in [2.45, 2.75) is 31.4 Å². The second-order valence-corrected chi connectivity index (χ2v) is 9.23. The highest BCUT2D eigenvalue weighted by Crippen LogP contribution is 2.38. The standard InChI is InChI=1S/C26H25F6N3O6/c27-25(28,29)17-8-18(26(30,31)32)10-19(9-17)41-15-21(36)20(11-24(39)40)33-22(37)13-34-6-7-35(23(38)14-34)12-16-4-2-1-3-5-16/h1-5,8-10,20H,6-7,11-15H2,(H,33,37)(H,39,40)/t20-/m0/s1. The number of hydrogen-bond acceptors (Lipinski definition) is 6. The molecule has 1 fully saturated rings. The third kappa shape index (κ3) is 9.48. The second kappa shape index (κ2) is 13.0. The minimum atomic E-state index is -5.14. The van der Waals surface area contributed by atoms with Crippen molar-refractivity contribution in [3.05, 3.63) is 65.2 Å². The van der Waals surface area contributed by atoms with E-state index in [0.717, 1.165) is 5.56 Å². The van der Waals surface area contributed by atoms with Crippen molar-refractivity contribution >= 4 is 23.6 Å². The van der Waals surface area contributed by atoms with Gasteiger partial charge in [-0.05, 0) is 23.8 Å². The maximum Gasteiger partial charge on any atom is 0.416 e. The number of ether oxygens (including phenoxy) is 1. The molecule has 1 saturated heterocycles. The van der Waals surface area contributed by atoms with Crippen molar-refractivity contribution in [2.24, 2.45) is 0 Å². The smallest absolute Gasteiger partial charge is 0.416 e. The van der Waals surface area contributed by atoms with Crippen LogP contribution in [0.5, 0.6) is 5.75 Å². The van der Waals surface area contributed by atoms with Crippen molar-refractivity contribution in [1.82, 2.24) is 15.1 Å². The number of halogens is 6. The first kappa shape index (κ1) is 31.4. The molecule has 0 spiro atoms. The monoisotopic (exact) mass is 589 g/mol. The number of carboxylic acid groups (broad SMARTS) is 1. The molecule has 0 unspecified atom stereocenters. The van der Waals surface area contributed by atoms with E-state index in [2.05, 4.69) is 5.32 Å². The van der Waals surface area contributed by atoms with Gasteiger partial charge in [0.15, 0.2) is 5.78 Å². The molecule has 1 heterocycles. The molecule has 2 aromatic carbocycles. The summed E-state index contributed by atoms with van der Waals surface area (Å²) in [5.41, 5.74) is -2.41. The number of alkyl halides is 6. The van der Waals surface area contributed by atoms with E-state index < -0.39 is 66.0 Å². The number of aliphatic carboxylic acids is 1. The van der Waals surface area contributed by atoms with Gasteiger partial charge in [0, 0.05) is 19.6 Å². The summed E-state index contributed by atoms with van der Waals surface area (Å²) in [5.74, 6) is -4.60. The van der Waals surface area contributed by atoms with Crippen LogP contribution in [0.1, 0.15) is 23.1 Å². The third-order valence-electron chi connectivity index (χ3n) is 6.03. The number of hydrogen-bond donors (Lipinski definition) is 2. The SMILES string of the molecule is O=C(O)C[C@H](NC(=O)CN1CCN(Cc2ccccc2)C(=O)C1)C(=O)COc1cc(C(F)(F)F)cc(C(F)(F)F)c1. The van der Waals surface area contributed by atoms with Gasteiger partial charge in [0.2, 0.25) is 11.8 Å². The molecule has 222 valence electrons. The lowest BCUT2D eigenvalue weighted by atomic mass is 10.1. The number of nitrogens with one attached hydrogen (secondary N) is 1. The number of ketones is 1. The number of amides is 2. The van der Waals surface area contributed by atoms with E-state index in [1.165, 1.54) is 4.90 Å². The predicted octanol–water partition coefficient (Wildman–Crippen LogP) is 2.98. The summed E-state index contributed by atoms with van der Waals surface area (Å²) in [4.78, 5) is 52.0. The molecule has 9 nitrogen and oxygen atoms in total. The van der Waals surface area contributed by atoms with Gasteiger partial charge in [0.05, 0.1) is 30.6 Å². The van der Waals surface area contributed by atoms with Crippen LogP contribution in [-0.2, 0) is 38.1 Å². The van der Waals surface area contributed by atoms with Gasteiger partial charge in [-0.2, -0.15) is 26.3 Å². The van der Waals surface area contributed by atoms with Gasteiger partial charge in [-0.25, -0.2) is 0 Å². The zero-order valence-electron chi connectivity index (χ0n) is 21.3. The van der Waals surface area contributed by atoms with Crippen LogP contribution in [0.3, 0.4) is 0 Å². The number of carbonyl (C=O) groups excluding carboxylic acids is 3. The van der Waals surface area contributed by atoms with Crippen LogP contribution >= 0.6 is 0 Å². The van der Waals surface area contributed by atoms with E-state index in [9.17, 15) is 45.5 Å². The molecule has 1 aliphatic heterocycles. The highest BCUT2D eigenvalue weighted by atomic mass is 19.4. The quantitative estimate of drug-likeness (QED) is 0.388. The Morgan fingerprint density at radius 2 is 1.56 bits per heavy atom.